The molecule has 1 amide bonds. The fraction of sp³-hybridized carbons (Fsp3) is 0.556. The Kier molecular flexibility index (Phi) is 9.86. The molecule has 0 aliphatic heterocycles. The van der Waals surface area contributed by atoms with E-state index in [0.717, 1.165) is 29.7 Å². The van der Waals surface area contributed by atoms with Gasteiger partial charge in [0, 0.05) is 36.3 Å². The fourth-order valence-electron chi connectivity index (χ4n) is 2.05. The third-order valence-electron chi connectivity index (χ3n) is 3.79. The minimum absolute atomic E-state index is 0.103. The molecule has 1 unspecified atom stereocenters. The van der Waals surface area contributed by atoms with E-state index < -0.39 is 12.6 Å². The van der Waals surface area contributed by atoms with Crippen molar-refractivity contribution in [2.24, 2.45) is 11.8 Å². The molecule has 130 valence electrons. The summed E-state index contributed by atoms with van der Waals surface area (Å²) in [5.74, 6) is 0.0513. The number of carbonyl (C=O) groups is 1. The topological polar surface area (TPSA) is 65.0 Å². The number of amides is 1. The monoisotopic (exact) mass is 323 g/mol. The van der Waals surface area contributed by atoms with Gasteiger partial charge in [-0.25, -0.2) is 4.39 Å². The highest BCUT2D eigenvalue weighted by molar-refractivity contribution is 5.94. The van der Waals surface area contributed by atoms with Gasteiger partial charge in [0.1, 0.15) is 6.67 Å². The van der Waals surface area contributed by atoms with Crippen LogP contribution in [-0.4, -0.2) is 25.8 Å². The minimum atomic E-state index is -0.875. The Bertz CT molecular complexity index is 492. The van der Waals surface area contributed by atoms with E-state index in [0.29, 0.717) is 5.92 Å². The fourth-order valence-corrected chi connectivity index (χ4v) is 2.05. The third kappa shape index (κ3) is 6.80. The Morgan fingerprint density at radius 3 is 2.35 bits per heavy atom. The molecule has 0 aliphatic rings. The molecular formula is C18H30FN3O. The second-order valence-corrected chi connectivity index (χ2v) is 5.97. The van der Waals surface area contributed by atoms with Crippen LogP contribution in [0.4, 0.5) is 4.39 Å². The molecule has 0 aliphatic carbocycles. The molecule has 0 fully saturated rings. The molecule has 3 N–H and O–H groups in total. The Morgan fingerprint density at radius 2 is 1.96 bits per heavy atom. The lowest BCUT2D eigenvalue weighted by atomic mass is 9.91. The Morgan fingerprint density at radius 1 is 1.35 bits per heavy atom. The first-order valence-corrected chi connectivity index (χ1v) is 7.98. The number of rotatable bonds is 10. The van der Waals surface area contributed by atoms with Gasteiger partial charge in [-0.15, -0.1) is 0 Å². The van der Waals surface area contributed by atoms with Gasteiger partial charge in [-0.1, -0.05) is 40.7 Å². The number of hydrogen-bond acceptors (Lipinski definition) is 3. The van der Waals surface area contributed by atoms with Crippen molar-refractivity contribution in [3.8, 4) is 0 Å². The van der Waals surface area contributed by atoms with Crippen LogP contribution >= 0.6 is 0 Å². The molecule has 0 aromatic heterocycles. The molecule has 0 bridgehead atoms. The van der Waals surface area contributed by atoms with E-state index in [1.807, 2.05) is 20.9 Å². The van der Waals surface area contributed by atoms with E-state index in [9.17, 15) is 9.18 Å². The van der Waals surface area contributed by atoms with Crippen LogP contribution in [0.2, 0.25) is 0 Å². The second-order valence-electron chi connectivity index (χ2n) is 5.97. The SMILES string of the molecule is C=C(CF)C(=O)N/C=C(/C(C=N)=C(\CC(C)CC)NC)C(C)C. The van der Waals surface area contributed by atoms with Crippen molar-refractivity contribution in [2.75, 3.05) is 13.7 Å². The summed E-state index contributed by atoms with van der Waals surface area (Å²) in [5, 5.41) is 13.5. The van der Waals surface area contributed by atoms with Crippen LogP contribution in [0.15, 0.2) is 35.2 Å². The molecule has 5 heteroatoms. The van der Waals surface area contributed by atoms with Crippen LogP contribution in [0.3, 0.4) is 0 Å². The van der Waals surface area contributed by atoms with Crippen molar-refractivity contribution in [1.29, 1.82) is 5.41 Å². The highest BCUT2D eigenvalue weighted by Crippen LogP contribution is 2.24. The van der Waals surface area contributed by atoms with E-state index in [4.69, 9.17) is 5.41 Å². The lowest BCUT2D eigenvalue weighted by Crippen LogP contribution is -2.22. The zero-order chi connectivity index (χ0) is 18.0. The summed E-state index contributed by atoms with van der Waals surface area (Å²) in [4.78, 5) is 11.7. The standard InChI is InChI=1S/C18H30FN3O/c1-7-13(4)8-17(21-6)15(10-20)16(12(2)3)11-22-18(23)14(5)9-19/h10-13,20-21H,5,7-9H2,1-4,6H3,(H,22,23)/b16-11+,17-15+,20-10?. The summed E-state index contributed by atoms with van der Waals surface area (Å²) >= 11 is 0. The number of allylic oxidation sites excluding steroid dienone is 3. The summed E-state index contributed by atoms with van der Waals surface area (Å²) in [5.41, 5.74) is 2.44. The summed E-state index contributed by atoms with van der Waals surface area (Å²) in [6, 6.07) is 0. The molecular weight excluding hydrogens is 293 g/mol. The van der Waals surface area contributed by atoms with Crippen molar-refractivity contribution in [3.63, 3.8) is 0 Å². The zero-order valence-electron chi connectivity index (χ0n) is 14.9. The van der Waals surface area contributed by atoms with Gasteiger partial charge < -0.3 is 16.0 Å². The average Bonchev–Trinajstić information content (AvgIpc) is 2.54. The Hall–Kier alpha value is -1.91. The first kappa shape index (κ1) is 21.1. The van der Waals surface area contributed by atoms with Gasteiger partial charge in [0.2, 0.25) is 0 Å². The molecule has 0 aromatic rings. The number of nitrogens with one attached hydrogen (secondary N) is 3. The number of alkyl halides is 1. The number of hydrogen-bond donors (Lipinski definition) is 3. The van der Waals surface area contributed by atoms with Gasteiger partial charge in [-0.05, 0) is 23.8 Å². The van der Waals surface area contributed by atoms with Crippen molar-refractivity contribution in [3.05, 3.63) is 35.2 Å². The molecule has 1 atom stereocenters. The summed E-state index contributed by atoms with van der Waals surface area (Å²) in [6.07, 6.45) is 4.73. The summed E-state index contributed by atoms with van der Waals surface area (Å²) in [7, 11) is 1.84. The van der Waals surface area contributed by atoms with Gasteiger partial charge in [-0.3, -0.25) is 4.79 Å². The van der Waals surface area contributed by atoms with Gasteiger partial charge in [-0.2, -0.15) is 0 Å². The average molecular weight is 323 g/mol. The highest BCUT2D eigenvalue weighted by atomic mass is 19.1. The predicted molar refractivity (Wildman–Crippen MR) is 95.1 cm³/mol. The number of halogens is 1. The largest absolute Gasteiger partial charge is 0.391 e. The predicted octanol–water partition coefficient (Wildman–Crippen LogP) is 3.73. The second kappa shape index (κ2) is 10.8. The molecule has 0 rings (SSSR count). The van der Waals surface area contributed by atoms with E-state index in [-0.39, 0.29) is 11.5 Å². The molecule has 0 spiro atoms. The minimum Gasteiger partial charge on any atom is -0.391 e. The normalized spacial score (nSPS) is 14.1. The van der Waals surface area contributed by atoms with Crippen molar-refractivity contribution < 1.29 is 9.18 Å². The van der Waals surface area contributed by atoms with Gasteiger partial charge in [0.15, 0.2) is 0 Å². The molecule has 0 aromatic carbocycles. The molecule has 0 heterocycles. The van der Waals surface area contributed by atoms with Crippen LogP contribution in [0.25, 0.3) is 0 Å². The van der Waals surface area contributed by atoms with Crippen molar-refractivity contribution in [1.82, 2.24) is 10.6 Å². The van der Waals surface area contributed by atoms with E-state index >= 15 is 0 Å². The third-order valence-corrected chi connectivity index (χ3v) is 3.79. The van der Waals surface area contributed by atoms with Gasteiger partial charge in [0.25, 0.3) is 5.91 Å². The van der Waals surface area contributed by atoms with E-state index in [1.54, 1.807) is 6.20 Å². The van der Waals surface area contributed by atoms with Gasteiger partial charge in [0.05, 0.1) is 0 Å². The maximum atomic E-state index is 12.5. The lowest BCUT2D eigenvalue weighted by Gasteiger charge is -2.20. The Balaban J connectivity index is 5.63. The van der Waals surface area contributed by atoms with Crippen LogP contribution in [0.5, 0.6) is 0 Å². The van der Waals surface area contributed by atoms with E-state index in [2.05, 4.69) is 31.1 Å². The molecule has 0 saturated heterocycles. The van der Waals surface area contributed by atoms with Crippen LogP contribution < -0.4 is 10.6 Å². The van der Waals surface area contributed by atoms with Crippen LogP contribution in [0.1, 0.15) is 40.5 Å². The smallest absolute Gasteiger partial charge is 0.253 e. The quantitative estimate of drug-likeness (QED) is 0.326. The molecule has 0 saturated carbocycles. The first-order valence-electron chi connectivity index (χ1n) is 7.98. The summed E-state index contributed by atoms with van der Waals surface area (Å²) < 4.78 is 12.5. The maximum absolute atomic E-state index is 12.5. The Labute approximate surface area is 139 Å². The maximum Gasteiger partial charge on any atom is 0.253 e. The lowest BCUT2D eigenvalue weighted by molar-refractivity contribution is -0.116. The molecule has 4 nitrogen and oxygen atoms in total. The highest BCUT2D eigenvalue weighted by Gasteiger charge is 2.15. The zero-order valence-corrected chi connectivity index (χ0v) is 14.9. The van der Waals surface area contributed by atoms with Crippen LogP contribution in [0, 0.1) is 17.2 Å². The van der Waals surface area contributed by atoms with Crippen molar-refractivity contribution >= 4 is 12.1 Å². The van der Waals surface area contributed by atoms with Crippen molar-refractivity contribution in [2.45, 2.75) is 40.5 Å². The van der Waals surface area contributed by atoms with E-state index in [1.165, 1.54) is 6.21 Å². The number of carbonyl (C=O) groups excluding carboxylic acids is 1. The van der Waals surface area contributed by atoms with Crippen LogP contribution in [-0.2, 0) is 4.79 Å². The molecule has 0 radical (unpaired) electrons. The first-order chi connectivity index (χ1) is 10.8. The molecule has 23 heavy (non-hydrogen) atoms. The van der Waals surface area contributed by atoms with Gasteiger partial charge >= 0.3 is 0 Å². The summed E-state index contributed by atoms with van der Waals surface area (Å²) in [6.45, 7) is 10.8.